The van der Waals surface area contributed by atoms with Gasteiger partial charge in [-0.1, -0.05) is 13.8 Å². The minimum Gasteiger partial charge on any atom is -0.481 e. The number of nitrogens with one attached hydrogen (secondary N) is 1. The lowest BCUT2D eigenvalue weighted by Gasteiger charge is -2.17. The second-order valence-corrected chi connectivity index (χ2v) is 8.21. The SMILES string of the molecule is CC(C)C[C@H](CNC(=O)OC[n+]1cccc(C(N)=O)c1)CC(=O)O.CS(=O)(=O)O. The largest absolute Gasteiger partial charge is 0.481 e. The molecule has 12 heteroatoms. The molecule has 164 valence electrons. The summed E-state index contributed by atoms with van der Waals surface area (Å²) in [4.78, 5) is 33.7. The van der Waals surface area contributed by atoms with Crippen molar-refractivity contribution in [2.45, 2.75) is 33.4 Å². The number of carbonyl (C=O) groups excluding carboxylic acids is 2. The highest BCUT2D eigenvalue weighted by Crippen LogP contribution is 2.14. The van der Waals surface area contributed by atoms with Gasteiger partial charge in [0.2, 0.25) is 0 Å². The van der Waals surface area contributed by atoms with E-state index in [-0.39, 0.29) is 25.6 Å². The lowest BCUT2D eigenvalue weighted by Crippen LogP contribution is -2.39. The smallest absolute Gasteiger partial charge is 0.412 e. The third-order valence-corrected chi connectivity index (χ3v) is 3.29. The zero-order valence-electron chi connectivity index (χ0n) is 16.6. The van der Waals surface area contributed by atoms with Crippen LogP contribution < -0.4 is 15.6 Å². The molecule has 0 aromatic carbocycles. The Labute approximate surface area is 169 Å². The van der Waals surface area contributed by atoms with E-state index >= 15 is 0 Å². The van der Waals surface area contributed by atoms with Crippen molar-refractivity contribution < 1.29 is 41.8 Å². The molecule has 29 heavy (non-hydrogen) atoms. The first-order valence-electron chi connectivity index (χ1n) is 8.61. The second kappa shape index (κ2) is 12.7. The zero-order valence-corrected chi connectivity index (χ0v) is 17.4. The van der Waals surface area contributed by atoms with Gasteiger partial charge in [-0.2, -0.15) is 13.0 Å². The molecule has 0 fully saturated rings. The van der Waals surface area contributed by atoms with E-state index in [1.54, 1.807) is 18.3 Å². The number of carbonyl (C=O) groups is 3. The number of aliphatic carboxylic acids is 1. The third kappa shape index (κ3) is 16.0. The van der Waals surface area contributed by atoms with Crippen molar-refractivity contribution in [3.05, 3.63) is 30.1 Å². The first kappa shape index (κ1) is 26.3. The summed E-state index contributed by atoms with van der Waals surface area (Å²) in [5.74, 6) is -1.28. The summed E-state index contributed by atoms with van der Waals surface area (Å²) >= 11 is 0. The molecule has 1 aromatic heterocycles. The van der Waals surface area contributed by atoms with Crippen molar-refractivity contribution in [3.63, 3.8) is 0 Å². The number of nitrogens with zero attached hydrogens (tertiary/aromatic N) is 1. The quantitative estimate of drug-likeness (QED) is 0.319. The van der Waals surface area contributed by atoms with Gasteiger partial charge in [0.15, 0.2) is 12.4 Å². The van der Waals surface area contributed by atoms with Gasteiger partial charge in [-0.3, -0.25) is 14.1 Å². The molecule has 1 atom stereocenters. The Balaban J connectivity index is 0.00000139. The fraction of sp³-hybridized carbons (Fsp3) is 0.529. The predicted molar refractivity (Wildman–Crippen MR) is 102 cm³/mol. The normalized spacial score (nSPS) is 11.8. The monoisotopic (exact) mass is 434 g/mol. The molecule has 0 saturated carbocycles. The predicted octanol–water partition coefficient (Wildman–Crippen LogP) is 0.398. The first-order valence-corrected chi connectivity index (χ1v) is 10.5. The number of hydrogen-bond acceptors (Lipinski definition) is 6. The van der Waals surface area contributed by atoms with Gasteiger partial charge in [0.1, 0.15) is 5.56 Å². The van der Waals surface area contributed by atoms with Crippen molar-refractivity contribution in [1.82, 2.24) is 5.32 Å². The summed E-state index contributed by atoms with van der Waals surface area (Å²) in [6, 6.07) is 3.17. The highest BCUT2D eigenvalue weighted by atomic mass is 32.2. The summed E-state index contributed by atoms with van der Waals surface area (Å²) in [6.07, 6.45) is 3.86. The van der Waals surface area contributed by atoms with Gasteiger partial charge in [-0.05, 0) is 24.3 Å². The number of hydrogen-bond donors (Lipinski definition) is 4. The van der Waals surface area contributed by atoms with Crippen LogP contribution in [-0.4, -0.2) is 48.8 Å². The molecule has 0 saturated heterocycles. The van der Waals surface area contributed by atoms with E-state index in [9.17, 15) is 22.8 Å². The molecular formula is C17H28N3O8S+. The van der Waals surface area contributed by atoms with Crippen molar-refractivity contribution in [1.29, 1.82) is 0 Å². The summed E-state index contributed by atoms with van der Waals surface area (Å²) in [5.41, 5.74) is 5.48. The molecule has 0 bridgehead atoms. The van der Waals surface area contributed by atoms with Crippen molar-refractivity contribution in [2.75, 3.05) is 12.8 Å². The van der Waals surface area contributed by atoms with Crippen LogP contribution in [0.3, 0.4) is 0 Å². The molecule has 0 aliphatic heterocycles. The topological polar surface area (TPSA) is 177 Å². The number of pyridine rings is 1. The third-order valence-electron chi connectivity index (χ3n) is 3.29. The number of aromatic nitrogens is 1. The van der Waals surface area contributed by atoms with E-state index < -0.39 is 28.1 Å². The number of alkyl carbamates (subject to hydrolysis) is 1. The zero-order chi connectivity index (χ0) is 22.6. The van der Waals surface area contributed by atoms with Gasteiger partial charge in [-0.25, -0.2) is 4.79 Å². The molecule has 0 spiro atoms. The maximum Gasteiger partial charge on any atom is 0.412 e. The first-order chi connectivity index (χ1) is 13.3. The van der Waals surface area contributed by atoms with Crippen LogP contribution in [0.4, 0.5) is 4.79 Å². The van der Waals surface area contributed by atoms with Crippen LogP contribution in [0.2, 0.25) is 0 Å². The molecule has 0 radical (unpaired) electrons. The Morgan fingerprint density at radius 3 is 2.38 bits per heavy atom. The highest BCUT2D eigenvalue weighted by molar-refractivity contribution is 7.85. The Morgan fingerprint density at radius 1 is 1.31 bits per heavy atom. The molecule has 0 aliphatic carbocycles. The standard InChI is InChI=1S/C16H23N3O5.CH4O3S/c1-11(2)6-12(7-14(20)21)8-18-16(23)24-10-19-5-3-4-13(9-19)15(17)22;1-5(2,3)4/h3-5,9,11-12H,6-8,10H2,1-2H3,(H3-,17,18,20,21,22,23);1H3,(H,2,3,4)/p+1/t12-;/m0./s1. The Kier molecular flexibility index (Phi) is 11.5. The Bertz CT molecular complexity index is 788. The Morgan fingerprint density at radius 2 is 1.90 bits per heavy atom. The van der Waals surface area contributed by atoms with Gasteiger partial charge >= 0.3 is 12.1 Å². The molecule has 2 amide bonds. The Hall–Kier alpha value is -2.73. The molecule has 0 unspecified atom stereocenters. The molecule has 1 rings (SSSR count). The van der Waals surface area contributed by atoms with Crippen LogP contribution in [0, 0.1) is 11.8 Å². The van der Waals surface area contributed by atoms with E-state index in [1.165, 1.54) is 10.8 Å². The number of amides is 2. The highest BCUT2D eigenvalue weighted by Gasteiger charge is 2.17. The van der Waals surface area contributed by atoms with Gasteiger partial charge in [0.25, 0.3) is 22.8 Å². The lowest BCUT2D eigenvalue weighted by molar-refractivity contribution is -0.727. The van der Waals surface area contributed by atoms with Crippen LogP contribution in [0.5, 0.6) is 0 Å². The average molecular weight is 434 g/mol. The molecule has 0 aliphatic rings. The van der Waals surface area contributed by atoms with E-state index in [2.05, 4.69) is 5.32 Å². The van der Waals surface area contributed by atoms with Crippen molar-refractivity contribution >= 4 is 28.1 Å². The average Bonchev–Trinajstić information content (AvgIpc) is 2.55. The summed E-state index contributed by atoms with van der Waals surface area (Å²) in [5, 5.41) is 11.5. The second-order valence-electron chi connectivity index (χ2n) is 6.74. The van der Waals surface area contributed by atoms with Gasteiger partial charge in [0, 0.05) is 19.0 Å². The van der Waals surface area contributed by atoms with Crippen molar-refractivity contribution in [3.8, 4) is 0 Å². The van der Waals surface area contributed by atoms with Crippen molar-refractivity contribution in [2.24, 2.45) is 17.6 Å². The minimum atomic E-state index is -3.67. The fourth-order valence-electron chi connectivity index (χ4n) is 2.31. The number of primary amides is 1. The maximum absolute atomic E-state index is 11.7. The van der Waals surface area contributed by atoms with Gasteiger partial charge in [-0.15, -0.1) is 0 Å². The van der Waals surface area contributed by atoms with E-state index in [4.69, 9.17) is 20.1 Å². The van der Waals surface area contributed by atoms with Gasteiger partial charge in [0.05, 0.1) is 6.26 Å². The fourth-order valence-corrected chi connectivity index (χ4v) is 2.31. The van der Waals surface area contributed by atoms with E-state index in [0.717, 1.165) is 0 Å². The number of nitrogens with two attached hydrogens (primary N) is 1. The molecule has 11 nitrogen and oxygen atoms in total. The minimum absolute atomic E-state index is 0.00608. The van der Waals surface area contributed by atoms with Crippen LogP contribution in [0.15, 0.2) is 24.5 Å². The molecule has 1 heterocycles. The summed E-state index contributed by atoms with van der Waals surface area (Å²) in [6.45, 7) is 4.14. The van der Waals surface area contributed by atoms with Crippen LogP contribution >= 0.6 is 0 Å². The number of carboxylic acids is 1. The number of carboxylic acid groups (broad SMARTS) is 1. The van der Waals surface area contributed by atoms with Gasteiger partial charge < -0.3 is 20.9 Å². The number of ether oxygens (including phenoxy) is 1. The van der Waals surface area contributed by atoms with E-state index in [0.29, 0.717) is 24.2 Å². The van der Waals surface area contributed by atoms with Crippen LogP contribution in [0.1, 0.15) is 37.0 Å². The summed E-state index contributed by atoms with van der Waals surface area (Å²) < 4.78 is 32.4. The number of rotatable bonds is 9. The molecular weight excluding hydrogens is 406 g/mol. The van der Waals surface area contributed by atoms with Crippen LogP contribution in [-0.2, 0) is 26.4 Å². The lowest BCUT2D eigenvalue weighted by atomic mass is 9.94. The summed E-state index contributed by atoms with van der Waals surface area (Å²) in [7, 11) is -3.67. The maximum atomic E-state index is 11.7. The van der Waals surface area contributed by atoms with Crippen LogP contribution in [0.25, 0.3) is 0 Å². The molecule has 5 N–H and O–H groups in total. The van der Waals surface area contributed by atoms with E-state index in [1.807, 2.05) is 13.8 Å². The molecule has 1 aromatic rings.